The van der Waals surface area contributed by atoms with Gasteiger partial charge >= 0.3 is 0 Å². The third kappa shape index (κ3) is 3.23. The molecular weight excluding hydrogens is 374 g/mol. The average molecular weight is 392 g/mol. The van der Waals surface area contributed by atoms with Crippen LogP contribution in [0.2, 0.25) is 5.02 Å². The molecule has 140 valence electrons. The van der Waals surface area contributed by atoms with Gasteiger partial charge in [0.15, 0.2) is 0 Å². The lowest BCUT2D eigenvalue weighted by atomic mass is 9.87. The van der Waals surface area contributed by atoms with Crippen LogP contribution in [0.5, 0.6) is 5.75 Å². The number of fused-ring (bicyclic) bond motifs is 1. The molecule has 6 heteroatoms. The van der Waals surface area contributed by atoms with Gasteiger partial charge < -0.3 is 10.1 Å². The van der Waals surface area contributed by atoms with E-state index in [1.807, 2.05) is 55.6 Å². The van der Waals surface area contributed by atoms with E-state index in [9.17, 15) is 4.79 Å². The van der Waals surface area contributed by atoms with E-state index in [2.05, 4.69) is 16.3 Å². The second kappa shape index (κ2) is 7.41. The number of nitrogens with one attached hydrogen (secondary N) is 1. The van der Waals surface area contributed by atoms with Gasteiger partial charge in [-0.1, -0.05) is 35.7 Å². The highest BCUT2D eigenvalue weighted by atomic mass is 35.5. The highest BCUT2D eigenvalue weighted by Gasteiger charge is 2.30. The van der Waals surface area contributed by atoms with Crippen LogP contribution in [0.4, 0.5) is 5.82 Å². The Kier molecular flexibility index (Phi) is 4.81. The predicted molar refractivity (Wildman–Crippen MR) is 109 cm³/mol. The zero-order valence-electron chi connectivity index (χ0n) is 15.3. The number of amides is 1. The average Bonchev–Trinajstić information content (AvgIpc) is 3.12. The number of carbonyl (C=O) groups is 1. The van der Waals surface area contributed by atoms with Crippen molar-refractivity contribution in [1.29, 1.82) is 0 Å². The molecule has 1 aliphatic rings. The van der Waals surface area contributed by atoms with Gasteiger partial charge in [-0.2, -0.15) is 5.10 Å². The second-order valence-electron chi connectivity index (χ2n) is 6.61. The molecule has 3 aromatic rings. The molecule has 0 spiro atoms. The highest BCUT2D eigenvalue weighted by molar-refractivity contribution is 6.31. The molecule has 1 N–H and O–H groups in total. The zero-order valence-corrected chi connectivity index (χ0v) is 16.0. The summed E-state index contributed by atoms with van der Waals surface area (Å²) in [6, 6.07) is 13.3. The Hall–Kier alpha value is -3.23. The van der Waals surface area contributed by atoms with Gasteiger partial charge in [-0.05, 0) is 42.3 Å². The summed E-state index contributed by atoms with van der Waals surface area (Å²) in [5.74, 6) is 3.69. The summed E-state index contributed by atoms with van der Waals surface area (Å²) in [5, 5.41) is 8.15. The molecule has 2 heterocycles. The topological polar surface area (TPSA) is 56.1 Å². The number of nitrogens with zero attached hydrogens (tertiary/aromatic N) is 2. The zero-order chi connectivity index (χ0) is 19.7. The Balaban J connectivity index is 1.73. The number of aromatic nitrogens is 2. The lowest BCUT2D eigenvalue weighted by molar-refractivity contribution is -0.116. The van der Waals surface area contributed by atoms with Gasteiger partial charge in [0, 0.05) is 22.9 Å². The normalized spacial score (nSPS) is 15.5. The number of benzene rings is 2. The molecule has 1 amide bonds. The number of carbonyl (C=O) groups excluding carboxylic acids is 1. The SMILES string of the molecule is C#CCOc1ccc(C2CC(=O)Nc3c2cnn3-c2cccc(Cl)c2C)cc1. The standard InChI is InChI=1S/C22H18ClN3O2/c1-3-11-28-16-9-7-15(8-10-16)17-12-21(27)25-22-18(17)13-24-26(22)20-6-4-5-19(23)14(20)2/h1,4-10,13,17H,11-12H2,2H3,(H,25,27). The molecule has 1 aromatic heterocycles. The summed E-state index contributed by atoms with van der Waals surface area (Å²) >= 11 is 6.27. The predicted octanol–water partition coefficient (Wildman–Crippen LogP) is 4.32. The van der Waals surface area contributed by atoms with E-state index in [-0.39, 0.29) is 18.4 Å². The van der Waals surface area contributed by atoms with Crippen molar-refractivity contribution in [2.45, 2.75) is 19.3 Å². The minimum absolute atomic E-state index is 0.0495. The molecular formula is C22H18ClN3O2. The smallest absolute Gasteiger partial charge is 0.226 e. The van der Waals surface area contributed by atoms with Crippen LogP contribution in [0, 0.1) is 19.3 Å². The van der Waals surface area contributed by atoms with E-state index in [0.717, 1.165) is 22.4 Å². The fourth-order valence-electron chi connectivity index (χ4n) is 3.45. The number of halogens is 1. The van der Waals surface area contributed by atoms with Gasteiger partial charge in [-0.25, -0.2) is 4.68 Å². The molecule has 4 rings (SSSR count). The van der Waals surface area contributed by atoms with Crippen LogP contribution in [0.1, 0.15) is 29.0 Å². The van der Waals surface area contributed by atoms with Gasteiger partial charge in [-0.15, -0.1) is 6.42 Å². The largest absolute Gasteiger partial charge is 0.481 e. The molecule has 2 aromatic carbocycles. The third-order valence-corrected chi connectivity index (χ3v) is 5.30. The monoisotopic (exact) mass is 391 g/mol. The van der Waals surface area contributed by atoms with Crippen molar-refractivity contribution in [1.82, 2.24) is 9.78 Å². The molecule has 5 nitrogen and oxygen atoms in total. The minimum Gasteiger partial charge on any atom is -0.481 e. The van der Waals surface area contributed by atoms with Crippen molar-refractivity contribution in [3.63, 3.8) is 0 Å². The molecule has 0 saturated heterocycles. The fourth-order valence-corrected chi connectivity index (χ4v) is 3.62. The van der Waals surface area contributed by atoms with Crippen molar-refractivity contribution in [2.24, 2.45) is 0 Å². The van der Waals surface area contributed by atoms with E-state index in [0.29, 0.717) is 23.0 Å². The summed E-state index contributed by atoms with van der Waals surface area (Å²) in [6.07, 6.45) is 7.39. The number of hydrogen-bond acceptors (Lipinski definition) is 3. The molecule has 1 unspecified atom stereocenters. The van der Waals surface area contributed by atoms with E-state index in [4.69, 9.17) is 22.8 Å². The van der Waals surface area contributed by atoms with Crippen LogP contribution < -0.4 is 10.1 Å². The molecule has 0 radical (unpaired) electrons. The summed E-state index contributed by atoms with van der Waals surface area (Å²) in [4.78, 5) is 12.4. The minimum atomic E-state index is -0.0846. The number of rotatable bonds is 4. The van der Waals surface area contributed by atoms with Gasteiger partial charge in [0.25, 0.3) is 0 Å². The lowest BCUT2D eigenvalue weighted by Crippen LogP contribution is -2.24. The first-order valence-electron chi connectivity index (χ1n) is 8.88. The second-order valence-corrected chi connectivity index (χ2v) is 7.02. The van der Waals surface area contributed by atoms with Gasteiger partial charge in [-0.3, -0.25) is 4.79 Å². The van der Waals surface area contributed by atoms with Crippen molar-refractivity contribution in [2.75, 3.05) is 11.9 Å². The Bertz CT molecular complexity index is 1080. The maximum atomic E-state index is 12.4. The van der Waals surface area contributed by atoms with Crippen LogP contribution >= 0.6 is 11.6 Å². The van der Waals surface area contributed by atoms with Crippen LogP contribution in [0.15, 0.2) is 48.7 Å². The van der Waals surface area contributed by atoms with Crippen LogP contribution in [0.3, 0.4) is 0 Å². The summed E-state index contributed by atoms with van der Waals surface area (Å²) in [5.41, 5.74) is 3.73. The van der Waals surface area contributed by atoms with E-state index < -0.39 is 0 Å². The number of ether oxygens (including phenoxy) is 1. The molecule has 0 fully saturated rings. The van der Waals surface area contributed by atoms with Crippen LogP contribution in [-0.2, 0) is 4.79 Å². The first-order chi connectivity index (χ1) is 13.6. The van der Waals surface area contributed by atoms with Crippen molar-refractivity contribution in [3.8, 4) is 23.8 Å². The molecule has 1 atom stereocenters. The fraction of sp³-hybridized carbons (Fsp3) is 0.182. The first kappa shape index (κ1) is 18.1. The summed E-state index contributed by atoms with van der Waals surface area (Å²) < 4.78 is 7.17. The van der Waals surface area contributed by atoms with Crippen molar-refractivity contribution in [3.05, 3.63) is 70.4 Å². The summed E-state index contributed by atoms with van der Waals surface area (Å²) in [6.45, 7) is 2.16. The van der Waals surface area contributed by atoms with E-state index >= 15 is 0 Å². The maximum absolute atomic E-state index is 12.4. The maximum Gasteiger partial charge on any atom is 0.226 e. The molecule has 0 saturated carbocycles. The quantitative estimate of drug-likeness (QED) is 0.674. The van der Waals surface area contributed by atoms with Gasteiger partial charge in [0.2, 0.25) is 5.91 Å². The Morgan fingerprint density at radius 3 is 2.86 bits per heavy atom. The summed E-state index contributed by atoms with van der Waals surface area (Å²) in [7, 11) is 0. The molecule has 0 aliphatic carbocycles. The number of anilines is 1. The Morgan fingerprint density at radius 2 is 2.11 bits per heavy atom. The van der Waals surface area contributed by atoms with E-state index in [1.165, 1.54) is 0 Å². The number of terminal acetylenes is 1. The van der Waals surface area contributed by atoms with Crippen molar-refractivity contribution < 1.29 is 9.53 Å². The van der Waals surface area contributed by atoms with Crippen LogP contribution in [0.25, 0.3) is 5.69 Å². The van der Waals surface area contributed by atoms with Crippen molar-refractivity contribution >= 4 is 23.3 Å². The molecule has 0 bridgehead atoms. The highest BCUT2D eigenvalue weighted by Crippen LogP contribution is 2.39. The van der Waals surface area contributed by atoms with Gasteiger partial charge in [0.05, 0.1) is 11.9 Å². The molecule has 1 aliphatic heterocycles. The van der Waals surface area contributed by atoms with Gasteiger partial charge in [0.1, 0.15) is 18.2 Å². The Labute approximate surface area is 168 Å². The van der Waals surface area contributed by atoms with E-state index in [1.54, 1.807) is 4.68 Å². The van der Waals surface area contributed by atoms with Crippen LogP contribution in [-0.4, -0.2) is 22.3 Å². The molecule has 28 heavy (non-hydrogen) atoms. The third-order valence-electron chi connectivity index (χ3n) is 4.89. The lowest BCUT2D eigenvalue weighted by Gasteiger charge is -2.24. The first-order valence-corrected chi connectivity index (χ1v) is 9.25. The Morgan fingerprint density at radius 1 is 1.32 bits per heavy atom. The number of hydrogen-bond donors (Lipinski definition) is 1.